The van der Waals surface area contributed by atoms with Gasteiger partial charge in [-0.1, -0.05) is 61.0 Å². The highest BCUT2D eigenvalue weighted by Gasteiger charge is 2.17. The smallest absolute Gasteiger partial charge is 0.301 e. The number of aryl methyl sites for hydroxylation is 1. The van der Waals surface area contributed by atoms with Crippen LogP contribution in [0.2, 0.25) is 5.02 Å². The van der Waals surface area contributed by atoms with E-state index in [9.17, 15) is 13.2 Å². The molecule has 0 unspecified atom stereocenters. The van der Waals surface area contributed by atoms with Crippen LogP contribution in [-0.4, -0.2) is 30.4 Å². The number of rotatable bonds is 8. The number of imidazole rings is 1. The average molecular weight is 497 g/mol. The van der Waals surface area contributed by atoms with Crippen molar-refractivity contribution < 1.29 is 13.2 Å². The number of amides is 1. The Labute approximate surface area is 204 Å². The highest BCUT2D eigenvalue weighted by Crippen LogP contribution is 2.28. The lowest BCUT2D eigenvalue weighted by Crippen LogP contribution is -2.40. The number of nitrogens with zero attached hydrogens (tertiary/aromatic N) is 2. The molecule has 0 spiro atoms. The van der Waals surface area contributed by atoms with Crippen molar-refractivity contribution in [3.63, 3.8) is 0 Å². The minimum atomic E-state index is -3.92. The zero-order valence-corrected chi connectivity index (χ0v) is 20.4. The third-order valence-corrected chi connectivity index (χ3v) is 6.85. The summed E-state index contributed by atoms with van der Waals surface area (Å²) in [5.41, 5.74) is 4.66. The normalized spacial score (nSPS) is 11.6. The average Bonchev–Trinajstić information content (AvgIpc) is 3.13. The topological polar surface area (TPSA) is 93.1 Å². The first-order valence-electron chi connectivity index (χ1n) is 10.9. The van der Waals surface area contributed by atoms with Gasteiger partial charge in [0, 0.05) is 17.1 Å². The Morgan fingerprint density at radius 1 is 1.03 bits per heavy atom. The molecule has 0 saturated heterocycles. The maximum Gasteiger partial charge on any atom is 0.301 e. The third kappa shape index (κ3) is 5.30. The Kier molecular flexibility index (Phi) is 7.02. The lowest BCUT2D eigenvalue weighted by atomic mass is 10.0. The van der Waals surface area contributed by atoms with Crippen molar-refractivity contribution >= 4 is 38.8 Å². The maximum absolute atomic E-state index is 12.6. The molecule has 0 atom stereocenters. The fourth-order valence-corrected chi connectivity index (χ4v) is 4.84. The van der Waals surface area contributed by atoms with Crippen LogP contribution in [0.5, 0.6) is 0 Å². The molecule has 34 heavy (non-hydrogen) atoms. The van der Waals surface area contributed by atoms with Crippen LogP contribution >= 0.6 is 11.6 Å². The van der Waals surface area contributed by atoms with Crippen LogP contribution in [0.15, 0.2) is 66.7 Å². The van der Waals surface area contributed by atoms with E-state index in [0.717, 1.165) is 22.5 Å². The number of nitrogens with one attached hydrogen (secondary N) is 2. The summed E-state index contributed by atoms with van der Waals surface area (Å²) in [6, 6.07) is 20.9. The molecule has 0 aliphatic rings. The molecule has 0 radical (unpaired) electrons. The molecule has 7 nitrogen and oxygen atoms in total. The van der Waals surface area contributed by atoms with Crippen LogP contribution in [0.4, 0.5) is 0 Å². The first-order valence-corrected chi connectivity index (χ1v) is 12.8. The van der Waals surface area contributed by atoms with Gasteiger partial charge in [-0.15, -0.1) is 0 Å². The van der Waals surface area contributed by atoms with Gasteiger partial charge in [0.2, 0.25) is 0 Å². The van der Waals surface area contributed by atoms with Gasteiger partial charge in [-0.3, -0.25) is 4.79 Å². The van der Waals surface area contributed by atoms with Crippen LogP contribution < -0.4 is 9.44 Å². The summed E-state index contributed by atoms with van der Waals surface area (Å²) in [6.07, 6.45) is 0.619. The molecule has 3 aromatic carbocycles. The Bertz CT molecular complexity index is 1450. The molecule has 0 saturated carbocycles. The van der Waals surface area contributed by atoms with Crippen LogP contribution in [0.25, 0.3) is 22.2 Å². The SMILES string of the molecule is CCCNS(=O)(=O)NC(=O)c1ccc2nc(C)n(Cc3ccc(-c4ccccc4)cc3Cl)c2c1. The Balaban J connectivity index is 1.62. The van der Waals surface area contributed by atoms with Crippen LogP contribution in [0, 0.1) is 6.92 Å². The Morgan fingerprint density at radius 2 is 1.79 bits per heavy atom. The molecule has 1 aromatic heterocycles. The molecule has 1 amide bonds. The van der Waals surface area contributed by atoms with Gasteiger partial charge in [0.15, 0.2) is 0 Å². The van der Waals surface area contributed by atoms with E-state index in [1.807, 2.05) is 66.9 Å². The molecule has 0 fully saturated rings. The molecule has 9 heteroatoms. The second kappa shape index (κ2) is 9.97. The lowest BCUT2D eigenvalue weighted by Gasteiger charge is -2.12. The minimum Gasteiger partial charge on any atom is -0.324 e. The number of carbonyl (C=O) groups is 1. The number of aromatic nitrogens is 2. The number of carbonyl (C=O) groups excluding carboxylic acids is 1. The molecule has 0 aliphatic carbocycles. The van der Waals surface area contributed by atoms with Crippen molar-refractivity contribution in [1.29, 1.82) is 0 Å². The Hall–Kier alpha value is -3.20. The number of fused-ring (bicyclic) bond motifs is 1. The summed E-state index contributed by atoms with van der Waals surface area (Å²) in [7, 11) is -3.92. The van der Waals surface area contributed by atoms with Gasteiger partial charge >= 0.3 is 10.2 Å². The van der Waals surface area contributed by atoms with Crippen LogP contribution in [0.1, 0.15) is 35.1 Å². The largest absolute Gasteiger partial charge is 0.324 e. The predicted molar refractivity (Wildman–Crippen MR) is 135 cm³/mol. The molecule has 4 aromatic rings. The molecule has 0 aliphatic heterocycles. The van der Waals surface area contributed by atoms with Gasteiger partial charge in [-0.2, -0.15) is 13.1 Å². The quantitative estimate of drug-likeness (QED) is 0.370. The summed E-state index contributed by atoms with van der Waals surface area (Å²) in [5.74, 6) is 0.0501. The first kappa shape index (κ1) is 23.9. The number of halogens is 1. The minimum absolute atomic E-state index is 0.223. The van der Waals surface area contributed by atoms with E-state index < -0.39 is 16.1 Å². The number of hydrogen-bond donors (Lipinski definition) is 2. The molecule has 2 N–H and O–H groups in total. The summed E-state index contributed by atoms with van der Waals surface area (Å²) in [6.45, 7) is 4.42. The standard InChI is InChI=1S/C25H25ClN4O3S/c1-3-13-27-34(32,33)29-25(31)20-11-12-23-24(15-20)30(17(2)28-23)16-21-10-9-19(14-22(21)26)18-7-5-4-6-8-18/h4-12,14-15,27H,3,13,16H2,1-2H3,(H,29,31). The first-order chi connectivity index (χ1) is 16.3. The molecule has 1 heterocycles. The fourth-order valence-electron chi connectivity index (χ4n) is 3.69. The van der Waals surface area contributed by atoms with Gasteiger partial charge in [-0.05, 0) is 54.3 Å². The zero-order valence-electron chi connectivity index (χ0n) is 18.9. The summed E-state index contributed by atoms with van der Waals surface area (Å²) >= 11 is 6.62. The second-order valence-electron chi connectivity index (χ2n) is 7.95. The van der Waals surface area contributed by atoms with E-state index in [1.165, 1.54) is 0 Å². The number of hydrogen-bond acceptors (Lipinski definition) is 4. The molecule has 0 bridgehead atoms. The highest BCUT2D eigenvalue weighted by atomic mass is 35.5. The van der Waals surface area contributed by atoms with Gasteiger partial charge in [-0.25, -0.2) is 9.71 Å². The second-order valence-corrected chi connectivity index (χ2v) is 9.86. The maximum atomic E-state index is 12.6. The van der Waals surface area contributed by atoms with Crippen molar-refractivity contribution in [1.82, 2.24) is 19.0 Å². The van der Waals surface area contributed by atoms with Crippen molar-refractivity contribution in [3.8, 4) is 11.1 Å². The molecule has 176 valence electrons. The van der Waals surface area contributed by atoms with E-state index in [1.54, 1.807) is 18.2 Å². The summed E-state index contributed by atoms with van der Waals surface area (Å²) < 4.78 is 30.4. The number of benzene rings is 3. The summed E-state index contributed by atoms with van der Waals surface area (Å²) in [4.78, 5) is 17.2. The molecular weight excluding hydrogens is 472 g/mol. The summed E-state index contributed by atoms with van der Waals surface area (Å²) in [5, 5.41) is 0.629. The van der Waals surface area contributed by atoms with Crippen molar-refractivity contribution in [2.45, 2.75) is 26.8 Å². The highest BCUT2D eigenvalue weighted by molar-refractivity contribution is 7.88. The lowest BCUT2D eigenvalue weighted by molar-refractivity contribution is 0.0981. The monoisotopic (exact) mass is 496 g/mol. The fraction of sp³-hybridized carbons (Fsp3) is 0.200. The van der Waals surface area contributed by atoms with E-state index in [4.69, 9.17) is 11.6 Å². The van der Waals surface area contributed by atoms with E-state index in [2.05, 4.69) is 14.4 Å². The van der Waals surface area contributed by atoms with Crippen molar-refractivity contribution in [2.24, 2.45) is 0 Å². The van der Waals surface area contributed by atoms with E-state index >= 15 is 0 Å². The van der Waals surface area contributed by atoms with Gasteiger partial charge in [0.05, 0.1) is 17.6 Å². The zero-order chi connectivity index (χ0) is 24.3. The van der Waals surface area contributed by atoms with Crippen LogP contribution in [0.3, 0.4) is 0 Å². The van der Waals surface area contributed by atoms with Gasteiger partial charge in [0.1, 0.15) is 5.82 Å². The van der Waals surface area contributed by atoms with Crippen LogP contribution in [-0.2, 0) is 16.8 Å². The van der Waals surface area contributed by atoms with Gasteiger partial charge in [0.25, 0.3) is 5.91 Å². The van der Waals surface area contributed by atoms with Gasteiger partial charge < -0.3 is 4.57 Å². The van der Waals surface area contributed by atoms with Crippen molar-refractivity contribution in [3.05, 3.63) is 88.7 Å². The predicted octanol–water partition coefficient (Wildman–Crippen LogP) is 4.69. The van der Waals surface area contributed by atoms with E-state index in [-0.39, 0.29) is 12.1 Å². The molecule has 4 rings (SSSR count). The molecular formula is C25H25ClN4O3S. The third-order valence-electron chi connectivity index (χ3n) is 5.46. The van der Waals surface area contributed by atoms with E-state index in [0.29, 0.717) is 29.0 Å². The van der Waals surface area contributed by atoms with Crippen molar-refractivity contribution in [2.75, 3.05) is 6.54 Å². The Morgan fingerprint density at radius 3 is 2.50 bits per heavy atom.